The molecule has 0 aliphatic carbocycles. The summed E-state index contributed by atoms with van der Waals surface area (Å²) >= 11 is 0. The largest absolute Gasteiger partial charge is 2.00 e. The van der Waals surface area contributed by atoms with Gasteiger partial charge in [-0.2, -0.15) is 15.6 Å². The zero-order valence-corrected chi connectivity index (χ0v) is 16.8. The van der Waals surface area contributed by atoms with Crippen LogP contribution in [0.1, 0.15) is 0 Å². The first-order chi connectivity index (χ1) is 4.00. The SMILES string of the molecule is O=P([O-])([O-])[O-].O=P([O-])([O-])[O-].[Ca+2].[Ca+2].[Ca+2].[Ti]. The van der Waals surface area contributed by atoms with Gasteiger partial charge in [0, 0.05) is 21.7 Å². The number of rotatable bonds is 0. The fourth-order valence-corrected chi connectivity index (χ4v) is 0. The van der Waals surface area contributed by atoms with Gasteiger partial charge in [0.2, 0.25) is 0 Å². The molecule has 0 aromatic rings. The van der Waals surface area contributed by atoms with E-state index in [-0.39, 0.29) is 135 Å². The second kappa shape index (κ2) is 17.7. The smallest absolute Gasteiger partial charge is 0.822 e. The zero-order valence-electron chi connectivity index (χ0n) is 6.78. The average Bonchev–Trinajstić information content (AvgIpc) is 1.12. The average molecular weight is 358 g/mol. The summed E-state index contributed by atoms with van der Waals surface area (Å²) in [5, 5.41) is 0. The Hall–Kier alpha value is 4.71. The summed E-state index contributed by atoms with van der Waals surface area (Å²) in [5.74, 6) is 0. The molecule has 0 aliphatic rings. The van der Waals surface area contributed by atoms with E-state index in [1.165, 1.54) is 0 Å². The van der Waals surface area contributed by atoms with Crippen molar-refractivity contribution >= 4 is 129 Å². The second-order valence-corrected chi connectivity index (χ2v) is 2.68. The molecule has 0 bridgehead atoms. The van der Waals surface area contributed by atoms with Gasteiger partial charge in [0.25, 0.3) is 0 Å². The monoisotopic (exact) mass is 358 g/mol. The molecule has 0 radical (unpaired) electrons. The van der Waals surface area contributed by atoms with Crippen molar-refractivity contribution in [2.75, 3.05) is 0 Å². The molecule has 0 fully saturated rings. The fraction of sp³-hybridized carbons (Fsp3) is 0. The van der Waals surface area contributed by atoms with E-state index in [0.29, 0.717) is 0 Å². The first-order valence-electron chi connectivity index (χ1n) is 1.46. The van der Waals surface area contributed by atoms with Crippen molar-refractivity contribution in [2.45, 2.75) is 0 Å². The summed E-state index contributed by atoms with van der Waals surface area (Å²) in [7, 11) is -10.8. The summed E-state index contributed by atoms with van der Waals surface area (Å²) in [6.45, 7) is 0. The van der Waals surface area contributed by atoms with Crippen LogP contribution in [-0.4, -0.2) is 113 Å². The summed E-state index contributed by atoms with van der Waals surface area (Å²) < 4.78 is 17.1. The Bertz CT molecular complexity index is 135. The van der Waals surface area contributed by atoms with Crippen LogP contribution in [0.5, 0.6) is 0 Å². The van der Waals surface area contributed by atoms with Gasteiger partial charge in [-0.05, 0) is 0 Å². The van der Waals surface area contributed by atoms with Crippen LogP contribution >= 0.6 is 15.6 Å². The van der Waals surface area contributed by atoms with E-state index in [9.17, 15) is 0 Å². The number of phosphoric acid groups is 2. The number of hydrogen-bond donors (Lipinski definition) is 0. The molecule has 0 atom stereocenters. The third kappa shape index (κ3) is 186. The van der Waals surface area contributed by atoms with Gasteiger partial charge in [-0.25, -0.2) is 0 Å². The van der Waals surface area contributed by atoms with Crippen LogP contribution in [-0.2, 0) is 30.8 Å². The van der Waals surface area contributed by atoms with Crippen molar-refractivity contribution in [1.82, 2.24) is 0 Å². The minimum Gasteiger partial charge on any atom is -0.822 e. The molecule has 0 saturated carbocycles. The molecule has 14 heavy (non-hydrogen) atoms. The van der Waals surface area contributed by atoms with Crippen LogP contribution in [0.3, 0.4) is 0 Å². The molecular formula is Ca3O8P2Ti. The molecule has 0 amide bonds. The molecule has 0 spiro atoms. The van der Waals surface area contributed by atoms with Crippen LogP contribution in [0.15, 0.2) is 0 Å². The maximum Gasteiger partial charge on any atom is 2.00 e. The molecule has 0 aromatic heterocycles. The molecule has 0 unspecified atom stereocenters. The molecule has 68 valence electrons. The van der Waals surface area contributed by atoms with Gasteiger partial charge < -0.3 is 38.5 Å². The van der Waals surface area contributed by atoms with Crippen LogP contribution in [0.2, 0.25) is 0 Å². The molecule has 8 nitrogen and oxygen atoms in total. The minimum atomic E-state index is -5.39. The quantitative estimate of drug-likeness (QED) is 0.303. The van der Waals surface area contributed by atoms with Gasteiger partial charge >= 0.3 is 113 Å². The Morgan fingerprint density at radius 2 is 0.571 bits per heavy atom. The maximum atomic E-state index is 8.55. The topological polar surface area (TPSA) is 172 Å². The Morgan fingerprint density at radius 3 is 0.571 bits per heavy atom. The van der Waals surface area contributed by atoms with E-state index in [1.807, 2.05) is 0 Å². The van der Waals surface area contributed by atoms with Crippen LogP contribution in [0, 0.1) is 0 Å². The first kappa shape index (κ1) is 36.3. The van der Waals surface area contributed by atoms with E-state index >= 15 is 0 Å². The third-order valence-electron chi connectivity index (χ3n) is 0. The predicted molar refractivity (Wildman–Crippen MR) is 32.5 cm³/mol. The van der Waals surface area contributed by atoms with E-state index in [0.717, 1.165) is 0 Å². The van der Waals surface area contributed by atoms with Crippen LogP contribution in [0.4, 0.5) is 0 Å². The zero-order chi connectivity index (χ0) is 9.00. The van der Waals surface area contributed by atoms with Crippen molar-refractivity contribution in [1.29, 1.82) is 0 Å². The predicted octanol–water partition coefficient (Wildman–Crippen LogP) is -6.79. The second-order valence-electron chi connectivity index (χ2n) is 0.894. The summed E-state index contributed by atoms with van der Waals surface area (Å²) in [6.07, 6.45) is 0. The van der Waals surface area contributed by atoms with Crippen molar-refractivity contribution in [3.8, 4) is 0 Å². The molecule has 0 rings (SSSR count). The van der Waals surface area contributed by atoms with Crippen molar-refractivity contribution in [2.24, 2.45) is 0 Å². The van der Waals surface area contributed by atoms with Gasteiger partial charge in [-0.15, -0.1) is 0 Å². The van der Waals surface area contributed by atoms with Crippen molar-refractivity contribution < 1.29 is 60.2 Å². The van der Waals surface area contributed by atoms with Crippen molar-refractivity contribution in [3.63, 3.8) is 0 Å². The van der Waals surface area contributed by atoms with Crippen LogP contribution < -0.4 is 29.4 Å². The van der Waals surface area contributed by atoms with E-state index in [4.69, 9.17) is 38.5 Å². The van der Waals surface area contributed by atoms with Gasteiger partial charge in [-0.1, -0.05) is 0 Å². The first-order valence-corrected chi connectivity index (χ1v) is 4.38. The van der Waals surface area contributed by atoms with Crippen molar-refractivity contribution in [3.05, 3.63) is 0 Å². The van der Waals surface area contributed by atoms with Gasteiger partial charge in [0.15, 0.2) is 0 Å². The van der Waals surface area contributed by atoms with Gasteiger partial charge in [0.05, 0.1) is 0 Å². The van der Waals surface area contributed by atoms with Gasteiger partial charge in [0.1, 0.15) is 0 Å². The Kier molecular flexibility index (Phi) is 46.0. The van der Waals surface area contributed by atoms with Crippen LogP contribution in [0.25, 0.3) is 0 Å². The normalized spacial score (nSPS) is 8.43. The molecule has 0 saturated heterocycles. The molecule has 14 heteroatoms. The molecular weight excluding hydrogens is 358 g/mol. The third-order valence-corrected chi connectivity index (χ3v) is 0. The summed E-state index contributed by atoms with van der Waals surface area (Å²) in [6, 6.07) is 0. The standard InChI is InChI=1S/3Ca.2H3O4P.Ti/c;;;2*1-5(2,3)4;/h;;;2*(H3,1,2,3,4);/q3*+2;;;/p-6. The fourth-order valence-electron chi connectivity index (χ4n) is 0. The minimum absolute atomic E-state index is 0. The Balaban J connectivity index is -0.0000000178. The number of hydrogen-bond acceptors (Lipinski definition) is 8. The summed E-state index contributed by atoms with van der Waals surface area (Å²) in [5.41, 5.74) is 0. The van der Waals surface area contributed by atoms with E-state index < -0.39 is 15.6 Å². The Labute approximate surface area is 185 Å². The summed E-state index contributed by atoms with van der Waals surface area (Å²) in [4.78, 5) is 51.3. The molecule has 0 aliphatic heterocycles. The molecule has 0 heterocycles. The molecule has 0 aromatic carbocycles. The Morgan fingerprint density at radius 1 is 0.571 bits per heavy atom. The molecule has 0 N–H and O–H groups in total. The van der Waals surface area contributed by atoms with E-state index in [1.54, 1.807) is 0 Å². The van der Waals surface area contributed by atoms with Gasteiger partial charge in [-0.3, -0.25) is 0 Å². The van der Waals surface area contributed by atoms with E-state index in [2.05, 4.69) is 0 Å². The maximum absolute atomic E-state index is 8.55.